The number of methoxy groups -OCH3 is 1. The molecule has 0 bridgehead atoms. The molecule has 0 fully saturated rings. The van der Waals surface area contributed by atoms with Crippen LogP contribution in [0, 0.1) is 0 Å². The van der Waals surface area contributed by atoms with Crippen LogP contribution in [0.4, 0.5) is 5.69 Å². The first-order valence-corrected chi connectivity index (χ1v) is 5.65. The van der Waals surface area contributed by atoms with Gasteiger partial charge in [-0.25, -0.2) is 4.68 Å². The van der Waals surface area contributed by atoms with Gasteiger partial charge in [-0.3, -0.25) is 0 Å². The molecule has 0 saturated carbocycles. The number of aromatic nitrogens is 2. The molecule has 4 nitrogen and oxygen atoms in total. The summed E-state index contributed by atoms with van der Waals surface area (Å²) < 4.78 is 7.10. The molecule has 90 valence electrons. The van der Waals surface area contributed by atoms with E-state index >= 15 is 0 Å². The molecule has 18 heavy (non-hydrogen) atoms. The molecule has 0 aliphatic heterocycles. The van der Waals surface area contributed by atoms with Crippen LogP contribution in [0.5, 0.6) is 5.75 Å². The standard InChI is InChI=1S/C14H13N3O/c1-18-13-4-2-3-12(8-13)17-14-6-5-11(15)7-10(14)9-16-17/h2-9H,15H2,1H3. The van der Waals surface area contributed by atoms with Crippen molar-refractivity contribution in [1.29, 1.82) is 0 Å². The largest absolute Gasteiger partial charge is 0.497 e. The fourth-order valence-corrected chi connectivity index (χ4v) is 2.00. The fraction of sp³-hybridized carbons (Fsp3) is 0.0714. The summed E-state index contributed by atoms with van der Waals surface area (Å²) in [6, 6.07) is 13.6. The molecule has 0 aliphatic carbocycles. The quantitative estimate of drug-likeness (QED) is 0.699. The zero-order valence-electron chi connectivity index (χ0n) is 10.00. The third-order valence-corrected chi connectivity index (χ3v) is 2.89. The Labute approximate surface area is 105 Å². The number of hydrogen-bond acceptors (Lipinski definition) is 3. The highest BCUT2D eigenvalue weighted by molar-refractivity contribution is 5.83. The summed E-state index contributed by atoms with van der Waals surface area (Å²) in [5.41, 5.74) is 8.50. The van der Waals surface area contributed by atoms with Crippen LogP contribution in [0.1, 0.15) is 0 Å². The lowest BCUT2D eigenvalue weighted by Gasteiger charge is -2.06. The van der Waals surface area contributed by atoms with Crippen molar-refractivity contribution in [3.05, 3.63) is 48.7 Å². The Kier molecular flexibility index (Phi) is 2.41. The smallest absolute Gasteiger partial charge is 0.121 e. The summed E-state index contributed by atoms with van der Waals surface area (Å²) in [5.74, 6) is 0.812. The fourth-order valence-electron chi connectivity index (χ4n) is 2.00. The second kappa shape index (κ2) is 4.07. The van der Waals surface area contributed by atoms with E-state index < -0.39 is 0 Å². The minimum Gasteiger partial charge on any atom is -0.497 e. The van der Waals surface area contributed by atoms with Crippen LogP contribution < -0.4 is 10.5 Å². The van der Waals surface area contributed by atoms with Gasteiger partial charge in [-0.05, 0) is 30.3 Å². The highest BCUT2D eigenvalue weighted by Gasteiger charge is 2.05. The van der Waals surface area contributed by atoms with E-state index in [2.05, 4.69) is 5.10 Å². The maximum atomic E-state index is 5.76. The number of rotatable bonds is 2. The predicted octanol–water partition coefficient (Wildman–Crippen LogP) is 2.62. The van der Waals surface area contributed by atoms with Gasteiger partial charge in [0.2, 0.25) is 0 Å². The molecule has 0 unspecified atom stereocenters. The van der Waals surface area contributed by atoms with Crippen molar-refractivity contribution >= 4 is 16.6 Å². The molecule has 4 heteroatoms. The molecule has 0 atom stereocenters. The molecule has 3 aromatic rings. The van der Waals surface area contributed by atoms with Crippen LogP contribution in [0.15, 0.2) is 48.7 Å². The third kappa shape index (κ3) is 1.68. The number of fused-ring (bicyclic) bond motifs is 1. The van der Waals surface area contributed by atoms with Crippen LogP contribution in [-0.4, -0.2) is 16.9 Å². The first-order chi connectivity index (χ1) is 8.78. The lowest BCUT2D eigenvalue weighted by molar-refractivity contribution is 0.414. The van der Waals surface area contributed by atoms with Gasteiger partial charge < -0.3 is 10.5 Å². The van der Waals surface area contributed by atoms with Crippen molar-refractivity contribution in [3.8, 4) is 11.4 Å². The molecular formula is C14H13N3O. The van der Waals surface area contributed by atoms with Crippen molar-refractivity contribution in [2.45, 2.75) is 0 Å². The van der Waals surface area contributed by atoms with Crippen LogP contribution in [0.25, 0.3) is 16.6 Å². The van der Waals surface area contributed by atoms with E-state index in [1.165, 1.54) is 0 Å². The third-order valence-electron chi connectivity index (χ3n) is 2.89. The van der Waals surface area contributed by atoms with Gasteiger partial charge in [0.1, 0.15) is 5.75 Å². The van der Waals surface area contributed by atoms with Crippen LogP contribution in [0.3, 0.4) is 0 Å². The van der Waals surface area contributed by atoms with Gasteiger partial charge in [-0.15, -0.1) is 0 Å². The van der Waals surface area contributed by atoms with Crippen molar-refractivity contribution in [1.82, 2.24) is 9.78 Å². The summed E-state index contributed by atoms with van der Waals surface area (Å²) in [6.45, 7) is 0. The first kappa shape index (κ1) is 10.7. The number of benzene rings is 2. The molecule has 0 spiro atoms. The average molecular weight is 239 g/mol. The highest BCUT2D eigenvalue weighted by atomic mass is 16.5. The van der Waals surface area contributed by atoms with Gasteiger partial charge >= 0.3 is 0 Å². The lowest BCUT2D eigenvalue weighted by atomic mass is 10.2. The van der Waals surface area contributed by atoms with Gasteiger partial charge in [0.25, 0.3) is 0 Å². The summed E-state index contributed by atoms with van der Waals surface area (Å²) in [5, 5.41) is 5.41. The van der Waals surface area contributed by atoms with E-state index in [4.69, 9.17) is 10.5 Å². The Morgan fingerprint density at radius 2 is 2.06 bits per heavy atom. The van der Waals surface area contributed by atoms with E-state index in [1.54, 1.807) is 7.11 Å². The van der Waals surface area contributed by atoms with Gasteiger partial charge in [0, 0.05) is 17.1 Å². The Hall–Kier alpha value is -2.49. The number of hydrogen-bond donors (Lipinski definition) is 1. The zero-order chi connectivity index (χ0) is 12.5. The maximum absolute atomic E-state index is 5.76. The molecule has 2 aromatic carbocycles. The molecule has 0 amide bonds. The minimum absolute atomic E-state index is 0.743. The lowest BCUT2D eigenvalue weighted by Crippen LogP contribution is -1.96. The minimum atomic E-state index is 0.743. The Morgan fingerprint density at radius 3 is 2.89 bits per heavy atom. The van der Waals surface area contributed by atoms with Gasteiger partial charge in [0.05, 0.1) is 24.5 Å². The number of anilines is 1. The predicted molar refractivity (Wildman–Crippen MR) is 72.0 cm³/mol. The van der Waals surface area contributed by atoms with E-state index in [9.17, 15) is 0 Å². The molecule has 1 aromatic heterocycles. The highest BCUT2D eigenvalue weighted by Crippen LogP contribution is 2.22. The van der Waals surface area contributed by atoms with E-state index in [1.807, 2.05) is 53.3 Å². The Morgan fingerprint density at radius 1 is 1.17 bits per heavy atom. The molecule has 3 rings (SSSR count). The Bertz CT molecular complexity index is 703. The monoisotopic (exact) mass is 239 g/mol. The van der Waals surface area contributed by atoms with E-state index in [0.29, 0.717) is 0 Å². The molecular weight excluding hydrogens is 226 g/mol. The van der Waals surface area contributed by atoms with Crippen molar-refractivity contribution in [2.75, 3.05) is 12.8 Å². The normalized spacial score (nSPS) is 10.7. The number of nitrogens with zero attached hydrogens (tertiary/aromatic N) is 2. The topological polar surface area (TPSA) is 53.1 Å². The SMILES string of the molecule is COc1cccc(-n2ncc3cc(N)ccc32)c1. The number of nitrogen functional groups attached to an aromatic ring is 1. The molecule has 0 aliphatic rings. The zero-order valence-corrected chi connectivity index (χ0v) is 10.00. The number of ether oxygens (including phenoxy) is 1. The van der Waals surface area contributed by atoms with Gasteiger partial charge in [-0.1, -0.05) is 6.07 Å². The summed E-state index contributed by atoms with van der Waals surface area (Å²) >= 11 is 0. The van der Waals surface area contributed by atoms with Gasteiger partial charge in [-0.2, -0.15) is 5.10 Å². The maximum Gasteiger partial charge on any atom is 0.121 e. The van der Waals surface area contributed by atoms with Crippen LogP contribution >= 0.6 is 0 Å². The summed E-state index contributed by atoms with van der Waals surface area (Å²) in [6.07, 6.45) is 1.81. The summed E-state index contributed by atoms with van der Waals surface area (Å²) in [7, 11) is 1.65. The second-order valence-electron chi connectivity index (χ2n) is 4.08. The molecule has 2 N–H and O–H groups in total. The van der Waals surface area contributed by atoms with Crippen molar-refractivity contribution < 1.29 is 4.74 Å². The molecule has 0 radical (unpaired) electrons. The van der Waals surface area contributed by atoms with Gasteiger partial charge in [0.15, 0.2) is 0 Å². The van der Waals surface area contributed by atoms with Crippen molar-refractivity contribution in [3.63, 3.8) is 0 Å². The second-order valence-corrected chi connectivity index (χ2v) is 4.08. The van der Waals surface area contributed by atoms with Crippen LogP contribution in [-0.2, 0) is 0 Å². The Balaban J connectivity index is 2.19. The number of nitrogens with two attached hydrogens (primary N) is 1. The van der Waals surface area contributed by atoms with Crippen molar-refractivity contribution in [2.24, 2.45) is 0 Å². The van der Waals surface area contributed by atoms with E-state index in [0.717, 1.165) is 28.0 Å². The molecule has 1 heterocycles. The first-order valence-electron chi connectivity index (χ1n) is 5.65. The van der Waals surface area contributed by atoms with E-state index in [-0.39, 0.29) is 0 Å². The summed E-state index contributed by atoms with van der Waals surface area (Å²) in [4.78, 5) is 0. The molecule has 0 saturated heterocycles. The van der Waals surface area contributed by atoms with Crippen LogP contribution in [0.2, 0.25) is 0 Å². The average Bonchev–Trinajstić information content (AvgIpc) is 2.81.